The van der Waals surface area contributed by atoms with E-state index in [1.807, 2.05) is 4.90 Å². The molecule has 0 radical (unpaired) electrons. The minimum Gasteiger partial charge on any atom is -0.331 e. The summed E-state index contributed by atoms with van der Waals surface area (Å²) in [5, 5.41) is 0. The monoisotopic (exact) mass is 156 g/mol. The van der Waals surface area contributed by atoms with Gasteiger partial charge < -0.3 is 9.80 Å². The van der Waals surface area contributed by atoms with Crippen molar-refractivity contribution < 1.29 is 4.79 Å². The molecule has 0 N–H and O–H groups in total. The fourth-order valence-electron chi connectivity index (χ4n) is 1.47. The van der Waals surface area contributed by atoms with Crippen molar-refractivity contribution in [2.45, 2.75) is 25.8 Å². The maximum absolute atomic E-state index is 11.4. The Morgan fingerprint density at radius 2 is 2.18 bits per heavy atom. The van der Waals surface area contributed by atoms with Crippen molar-refractivity contribution in [1.82, 2.24) is 9.80 Å². The molecular formula is C8H16N2O. The van der Waals surface area contributed by atoms with Gasteiger partial charge in [0.15, 0.2) is 0 Å². The molecule has 0 aromatic carbocycles. The van der Waals surface area contributed by atoms with Crippen LogP contribution in [-0.2, 0) is 0 Å². The van der Waals surface area contributed by atoms with Crippen LogP contribution in [0, 0.1) is 0 Å². The number of rotatable bonds is 0. The Morgan fingerprint density at radius 3 is 2.55 bits per heavy atom. The number of carbonyl (C=O) groups excluding carboxylic acids is 1. The molecule has 1 aliphatic rings. The highest BCUT2D eigenvalue weighted by Crippen LogP contribution is 2.17. The van der Waals surface area contributed by atoms with E-state index in [1.165, 1.54) is 0 Å². The first-order valence-corrected chi connectivity index (χ1v) is 4.11. The van der Waals surface area contributed by atoms with Crippen LogP contribution in [0.1, 0.15) is 19.8 Å². The van der Waals surface area contributed by atoms with E-state index in [-0.39, 0.29) is 6.03 Å². The third-order valence-electron chi connectivity index (χ3n) is 2.18. The van der Waals surface area contributed by atoms with Gasteiger partial charge in [0.05, 0.1) is 0 Å². The van der Waals surface area contributed by atoms with Gasteiger partial charge in [-0.25, -0.2) is 4.79 Å². The summed E-state index contributed by atoms with van der Waals surface area (Å²) in [4.78, 5) is 15.0. The van der Waals surface area contributed by atoms with Gasteiger partial charge in [0.25, 0.3) is 0 Å². The molecule has 3 heteroatoms. The van der Waals surface area contributed by atoms with Crippen LogP contribution in [0.4, 0.5) is 4.79 Å². The summed E-state index contributed by atoms with van der Waals surface area (Å²) >= 11 is 0. The number of nitrogens with zero attached hydrogens (tertiary/aromatic N) is 2. The molecule has 1 saturated heterocycles. The first-order chi connectivity index (χ1) is 5.13. The fraction of sp³-hybridized carbons (Fsp3) is 0.875. The molecule has 2 amide bonds. The molecule has 11 heavy (non-hydrogen) atoms. The zero-order valence-corrected chi connectivity index (χ0v) is 7.50. The Morgan fingerprint density at radius 1 is 1.55 bits per heavy atom. The van der Waals surface area contributed by atoms with Gasteiger partial charge >= 0.3 is 6.03 Å². The van der Waals surface area contributed by atoms with Crippen LogP contribution in [0.3, 0.4) is 0 Å². The van der Waals surface area contributed by atoms with Crippen LogP contribution in [0.2, 0.25) is 0 Å². The Bertz CT molecular complexity index is 156. The lowest BCUT2D eigenvalue weighted by molar-refractivity contribution is 0.169. The van der Waals surface area contributed by atoms with Gasteiger partial charge in [0, 0.05) is 26.7 Å². The maximum Gasteiger partial charge on any atom is 0.319 e. The van der Waals surface area contributed by atoms with Crippen LogP contribution in [0.25, 0.3) is 0 Å². The highest BCUT2D eigenvalue weighted by Gasteiger charge is 2.25. The lowest BCUT2D eigenvalue weighted by Gasteiger charge is -2.25. The average molecular weight is 156 g/mol. The standard InChI is InChI=1S/C8H16N2O/c1-7-5-4-6-10(7)8(11)9(2)3/h7H,4-6H2,1-3H3. The zero-order valence-electron chi connectivity index (χ0n) is 7.50. The number of hydrogen-bond donors (Lipinski definition) is 0. The van der Waals surface area contributed by atoms with E-state index >= 15 is 0 Å². The normalized spacial score (nSPS) is 23.9. The Hall–Kier alpha value is -0.730. The van der Waals surface area contributed by atoms with Crippen LogP contribution in [0.15, 0.2) is 0 Å². The minimum absolute atomic E-state index is 0.148. The van der Waals surface area contributed by atoms with Crippen molar-refractivity contribution in [1.29, 1.82) is 0 Å². The molecule has 1 rings (SSSR count). The summed E-state index contributed by atoms with van der Waals surface area (Å²) in [5.74, 6) is 0. The quantitative estimate of drug-likeness (QED) is 0.516. The molecule has 0 aliphatic carbocycles. The number of likely N-dealkylation sites (tertiary alicyclic amines) is 1. The second-order valence-corrected chi connectivity index (χ2v) is 3.36. The lowest BCUT2D eigenvalue weighted by Crippen LogP contribution is -2.40. The number of amides is 2. The van der Waals surface area contributed by atoms with Gasteiger partial charge in [0.2, 0.25) is 0 Å². The molecule has 0 bridgehead atoms. The van der Waals surface area contributed by atoms with E-state index in [2.05, 4.69) is 6.92 Å². The minimum atomic E-state index is 0.148. The molecular weight excluding hydrogens is 140 g/mol. The van der Waals surface area contributed by atoms with Crippen LogP contribution >= 0.6 is 0 Å². The molecule has 0 spiro atoms. The summed E-state index contributed by atoms with van der Waals surface area (Å²) in [7, 11) is 3.60. The number of urea groups is 1. The number of hydrogen-bond acceptors (Lipinski definition) is 1. The van der Waals surface area contributed by atoms with E-state index in [4.69, 9.17) is 0 Å². The largest absolute Gasteiger partial charge is 0.331 e. The van der Waals surface area contributed by atoms with E-state index in [1.54, 1.807) is 19.0 Å². The summed E-state index contributed by atoms with van der Waals surface area (Å²) in [6.45, 7) is 3.03. The third-order valence-corrected chi connectivity index (χ3v) is 2.18. The molecule has 1 aliphatic heterocycles. The predicted molar refractivity (Wildman–Crippen MR) is 44.5 cm³/mol. The molecule has 1 heterocycles. The maximum atomic E-state index is 11.4. The van der Waals surface area contributed by atoms with E-state index in [0.717, 1.165) is 19.4 Å². The highest BCUT2D eigenvalue weighted by molar-refractivity contribution is 5.74. The van der Waals surface area contributed by atoms with Gasteiger partial charge in [-0.15, -0.1) is 0 Å². The molecule has 3 nitrogen and oxygen atoms in total. The van der Waals surface area contributed by atoms with E-state index in [0.29, 0.717) is 6.04 Å². The Kier molecular flexibility index (Phi) is 2.37. The molecule has 1 atom stereocenters. The highest BCUT2D eigenvalue weighted by atomic mass is 16.2. The van der Waals surface area contributed by atoms with E-state index in [9.17, 15) is 4.79 Å². The van der Waals surface area contributed by atoms with Crippen molar-refractivity contribution in [3.8, 4) is 0 Å². The van der Waals surface area contributed by atoms with Crippen LogP contribution < -0.4 is 0 Å². The van der Waals surface area contributed by atoms with Gasteiger partial charge in [-0.1, -0.05) is 0 Å². The molecule has 64 valence electrons. The van der Waals surface area contributed by atoms with Crippen molar-refractivity contribution >= 4 is 6.03 Å². The van der Waals surface area contributed by atoms with Gasteiger partial charge in [-0.3, -0.25) is 0 Å². The zero-order chi connectivity index (χ0) is 8.43. The fourth-order valence-corrected chi connectivity index (χ4v) is 1.47. The van der Waals surface area contributed by atoms with E-state index < -0.39 is 0 Å². The molecule has 0 aromatic rings. The topological polar surface area (TPSA) is 23.6 Å². The molecule has 0 aromatic heterocycles. The van der Waals surface area contributed by atoms with Crippen LogP contribution in [-0.4, -0.2) is 42.5 Å². The average Bonchev–Trinajstić information content (AvgIpc) is 2.33. The Labute approximate surface area is 68.0 Å². The molecule has 0 saturated carbocycles. The first kappa shape index (κ1) is 8.37. The Balaban J connectivity index is 2.53. The summed E-state index contributed by atoms with van der Waals surface area (Å²) in [5.41, 5.74) is 0. The van der Waals surface area contributed by atoms with Crippen molar-refractivity contribution in [3.63, 3.8) is 0 Å². The van der Waals surface area contributed by atoms with Crippen LogP contribution in [0.5, 0.6) is 0 Å². The predicted octanol–water partition coefficient (Wildman–Crippen LogP) is 1.15. The second-order valence-electron chi connectivity index (χ2n) is 3.36. The first-order valence-electron chi connectivity index (χ1n) is 4.11. The van der Waals surface area contributed by atoms with Crippen molar-refractivity contribution in [3.05, 3.63) is 0 Å². The van der Waals surface area contributed by atoms with Crippen molar-refractivity contribution in [2.24, 2.45) is 0 Å². The lowest BCUT2D eigenvalue weighted by atomic mass is 10.2. The van der Waals surface area contributed by atoms with Gasteiger partial charge in [-0.2, -0.15) is 0 Å². The van der Waals surface area contributed by atoms with Crippen molar-refractivity contribution in [2.75, 3.05) is 20.6 Å². The van der Waals surface area contributed by atoms with Gasteiger partial charge in [-0.05, 0) is 19.8 Å². The number of carbonyl (C=O) groups is 1. The SMILES string of the molecule is CC1CCCN1C(=O)N(C)C. The summed E-state index contributed by atoms with van der Waals surface area (Å²) in [6, 6.07) is 0.583. The second kappa shape index (κ2) is 3.11. The summed E-state index contributed by atoms with van der Waals surface area (Å²) < 4.78 is 0. The smallest absolute Gasteiger partial charge is 0.319 e. The third kappa shape index (κ3) is 1.64. The summed E-state index contributed by atoms with van der Waals surface area (Å²) in [6.07, 6.45) is 2.31. The van der Waals surface area contributed by atoms with Gasteiger partial charge in [0.1, 0.15) is 0 Å². The molecule has 1 fully saturated rings. The molecule has 1 unspecified atom stereocenters.